The van der Waals surface area contributed by atoms with Crippen LogP contribution in [0.2, 0.25) is 0 Å². The maximum absolute atomic E-state index is 13.8. The standard InChI is InChI=1S/C55H69N9O9/c1-34(2)48(59-54(69)71-5)52(67)62-27-7-9-45(62)50(65)57-40-18-11-37(12-19-40)43-24-25-44(64(43)42-22-15-36(16-23-42)39-17-26-47(56-33-39)61-29-31-73-32-30-61)38-13-20-41(21-14-38)58-51(66)46-10-8-28-63(46)53(68)49(35(3)4)60-55(70)72-6/h11-23,26,33-35,43-46,48-49H,7-10,24-25,27-32H2,1-6H3,(H,57,65)(H,58,66)(H,59,69)(H,60,70)/t43?,44?,45-,46?,48-,49-/m0/s1. The van der Waals surface area contributed by atoms with Gasteiger partial charge < -0.3 is 55.1 Å². The van der Waals surface area contributed by atoms with Crippen LogP contribution in [0, 0.1) is 11.8 Å². The molecule has 18 heteroatoms. The lowest BCUT2D eigenvalue weighted by atomic mass is 10.0. The number of methoxy groups -OCH3 is 2. The third kappa shape index (κ3) is 12.0. The number of rotatable bonds is 15. The van der Waals surface area contributed by atoms with E-state index >= 15 is 0 Å². The molecule has 3 unspecified atom stereocenters. The average Bonchev–Trinajstić information content (AvgIpc) is 4.21. The average molecular weight is 1000 g/mol. The zero-order valence-corrected chi connectivity index (χ0v) is 42.7. The molecule has 4 aromatic rings. The largest absolute Gasteiger partial charge is 0.453 e. The second-order valence-corrected chi connectivity index (χ2v) is 19.9. The zero-order valence-electron chi connectivity index (χ0n) is 42.7. The van der Waals surface area contributed by atoms with E-state index in [1.807, 2.05) is 82.4 Å². The monoisotopic (exact) mass is 1000 g/mol. The summed E-state index contributed by atoms with van der Waals surface area (Å²) in [6.45, 7) is 11.2. The summed E-state index contributed by atoms with van der Waals surface area (Å²) in [7, 11) is 2.50. The van der Waals surface area contributed by atoms with Gasteiger partial charge in [0.15, 0.2) is 0 Å². The number of anilines is 4. The number of carbonyl (C=O) groups is 6. The Bertz CT molecular complexity index is 2450. The van der Waals surface area contributed by atoms with Gasteiger partial charge in [0, 0.05) is 55.0 Å². The van der Waals surface area contributed by atoms with Gasteiger partial charge in [0.05, 0.1) is 39.5 Å². The molecule has 73 heavy (non-hydrogen) atoms. The van der Waals surface area contributed by atoms with E-state index in [-0.39, 0.29) is 47.5 Å². The molecule has 0 radical (unpaired) electrons. The van der Waals surface area contributed by atoms with Crippen LogP contribution < -0.4 is 31.1 Å². The Balaban J connectivity index is 0.996. The van der Waals surface area contributed by atoms with E-state index in [1.54, 1.807) is 9.80 Å². The number of hydrogen-bond donors (Lipinski definition) is 4. The van der Waals surface area contributed by atoms with E-state index in [4.69, 9.17) is 19.2 Å². The number of pyridine rings is 1. The second-order valence-electron chi connectivity index (χ2n) is 19.9. The summed E-state index contributed by atoms with van der Waals surface area (Å²) in [6, 6.07) is 25.5. The molecular formula is C55H69N9O9. The number of benzene rings is 3. The molecule has 4 aliphatic rings. The molecule has 6 amide bonds. The fourth-order valence-corrected chi connectivity index (χ4v) is 10.6. The van der Waals surface area contributed by atoms with Gasteiger partial charge in [0.1, 0.15) is 30.0 Å². The van der Waals surface area contributed by atoms with Gasteiger partial charge in [0.25, 0.3) is 0 Å². The number of ether oxygens (including phenoxy) is 3. The minimum absolute atomic E-state index is 0.0260. The highest BCUT2D eigenvalue weighted by Gasteiger charge is 2.41. The fourth-order valence-electron chi connectivity index (χ4n) is 10.6. The topological polar surface area (TPSA) is 204 Å². The van der Waals surface area contributed by atoms with Gasteiger partial charge >= 0.3 is 12.2 Å². The van der Waals surface area contributed by atoms with Crippen LogP contribution in [0.5, 0.6) is 0 Å². The molecule has 6 atom stereocenters. The Kier molecular flexibility index (Phi) is 16.8. The van der Waals surface area contributed by atoms with Gasteiger partial charge in [-0.2, -0.15) is 0 Å². The number of amides is 6. The number of morpholine rings is 1. The predicted octanol–water partition coefficient (Wildman–Crippen LogP) is 7.29. The van der Waals surface area contributed by atoms with E-state index in [0.29, 0.717) is 63.4 Å². The van der Waals surface area contributed by atoms with Crippen LogP contribution in [0.15, 0.2) is 91.1 Å². The number of alkyl carbamates (subject to hydrolysis) is 2. The summed E-state index contributed by atoms with van der Waals surface area (Å²) in [5.41, 5.74) is 6.45. The van der Waals surface area contributed by atoms with Crippen LogP contribution in [0.3, 0.4) is 0 Å². The fraction of sp³-hybridized carbons (Fsp3) is 0.473. The lowest BCUT2D eigenvalue weighted by Gasteiger charge is -2.34. The summed E-state index contributed by atoms with van der Waals surface area (Å²) in [4.78, 5) is 91.6. The molecule has 0 spiro atoms. The molecule has 388 valence electrons. The van der Waals surface area contributed by atoms with Gasteiger partial charge in [-0.15, -0.1) is 0 Å². The van der Waals surface area contributed by atoms with Gasteiger partial charge in [-0.05, 0) is 116 Å². The van der Waals surface area contributed by atoms with E-state index in [2.05, 4.69) is 67.5 Å². The van der Waals surface area contributed by atoms with Crippen LogP contribution >= 0.6 is 0 Å². The van der Waals surface area contributed by atoms with E-state index < -0.39 is 36.4 Å². The van der Waals surface area contributed by atoms with E-state index in [9.17, 15) is 28.8 Å². The van der Waals surface area contributed by atoms with Gasteiger partial charge in [-0.3, -0.25) is 19.2 Å². The van der Waals surface area contributed by atoms with Gasteiger partial charge in [0.2, 0.25) is 23.6 Å². The third-order valence-electron chi connectivity index (χ3n) is 14.6. The van der Waals surface area contributed by atoms with E-state index in [1.165, 1.54) is 14.2 Å². The number of hydrogen-bond acceptors (Lipinski definition) is 12. The van der Waals surface area contributed by atoms with Crippen molar-refractivity contribution >= 4 is 58.7 Å². The highest BCUT2D eigenvalue weighted by Crippen LogP contribution is 2.47. The lowest BCUT2D eigenvalue weighted by Crippen LogP contribution is -2.54. The minimum atomic E-state index is -0.827. The number of likely N-dealkylation sites (tertiary alicyclic amines) is 2. The quantitative estimate of drug-likeness (QED) is 0.0928. The summed E-state index contributed by atoms with van der Waals surface area (Å²) in [5, 5.41) is 11.4. The Morgan fingerprint density at radius 1 is 0.575 bits per heavy atom. The van der Waals surface area contributed by atoms with Crippen molar-refractivity contribution in [3.63, 3.8) is 0 Å². The van der Waals surface area contributed by atoms with Gasteiger partial charge in [-0.1, -0.05) is 64.1 Å². The minimum Gasteiger partial charge on any atom is -0.453 e. The Labute approximate surface area is 427 Å². The molecule has 4 aliphatic heterocycles. The first-order valence-corrected chi connectivity index (χ1v) is 25.5. The summed E-state index contributed by atoms with van der Waals surface area (Å²) >= 11 is 0. The van der Waals surface area contributed by atoms with Gasteiger partial charge in [-0.25, -0.2) is 14.6 Å². The molecule has 4 saturated heterocycles. The maximum atomic E-state index is 13.8. The first-order valence-electron chi connectivity index (χ1n) is 25.5. The van der Waals surface area contributed by atoms with Crippen molar-refractivity contribution < 1.29 is 43.0 Å². The molecule has 8 rings (SSSR count). The second kappa shape index (κ2) is 23.6. The third-order valence-corrected chi connectivity index (χ3v) is 14.6. The highest BCUT2D eigenvalue weighted by atomic mass is 16.5. The molecule has 1 aromatic heterocycles. The molecule has 0 saturated carbocycles. The lowest BCUT2D eigenvalue weighted by molar-refractivity contribution is -0.139. The van der Waals surface area contributed by atoms with Crippen molar-refractivity contribution in [1.29, 1.82) is 0 Å². The normalized spacial score (nSPS) is 20.7. The maximum Gasteiger partial charge on any atom is 0.407 e. The Morgan fingerprint density at radius 2 is 1.03 bits per heavy atom. The van der Waals surface area contributed by atoms with Crippen molar-refractivity contribution in [2.24, 2.45) is 11.8 Å². The molecular weight excluding hydrogens is 931 g/mol. The predicted molar refractivity (Wildman–Crippen MR) is 278 cm³/mol. The molecule has 3 aromatic carbocycles. The van der Waals surface area contributed by atoms with Crippen LogP contribution in [0.4, 0.5) is 32.5 Å². The number of aromatic nitrogens is 1. The number of nitrogens with one attached hydrogen (secondary N) is 4. The first-order chi connectivity index (χ1) is 35.2. The van der Waals surface area contributed by atoms with Crippen molar-refractivity contribution in [2.75, 3.05) is 74.0 Å². The molecule has 0 bridgehead atoms. The van der Waals surface area contributed by atoms with Crippen molar-refractivity contribution in [3.8, 4) is 11.1 Å². The summed E-state index contributed by atoms with van der Waals surface area (Å²) in [6.07, 6.45) is 4.56. The first kappa shape index (κ1) is 52.1. The van der Waals surface area contributed by atoms with Crippen LogP contribution in [-0.2, 0) is 33.4 Å². The van der Waals surface area contributed by atoms with Crippen molar-refractivity contribution in [1.82, 2.24) is 25.4 Å². The SMILES string of the molecule is COC(=O)N[C@H](C(=O)N1CCCC1C(=O)Nc1ccc(C2CCC(c3ccc(NC(=O)[C@@H]4CCCN4C(=O)[C@@H](NC(=O)OC)C(C)C)cc3)N2c2ccc(-c3ccc(N4CCOCC4)nc3)cc2)cc1)C(C)C. The van der Waals surface area contributed by atoms with Crippen LogP contribution in [-0.4, -0.2) is 128 Å². The molecule has 4 fully saturated rings. The summed E-state index contributed by atoms with van der Waals surface area (Å²) < 4.78 is 15.0. The Morgan fingerprint density at radius 3 is 1.44 bits per heavy atom. The molecule has 0 aliphatic carbocycles. The van der Waals surface area contributed by atoms with Crippen LogP contribution in [0.1, 0.15) is 89.4 Å². The zero-order chi connectivity index (χ0) is 51.8. The van der Waals surface area contributed by atoms with Crippen molar-refractivity contribution in [3.05, 3.63) is 102 Å². The molecule has 4 N–H and O–H groups in total. The van der Waals surface area contributed by atoms with Crippen molar-refractivity contribution in [2.45, 2.75) is 102 Å². The highest BCUT2D eigenvalue weighted by molar-refractivity contribution is 5.99. The summed E-state index contributed by atoms with van der Waals surface area (Å²) in [5.74, 6) is -0.685. The number of nitrogens with zero attached hydrogens (tertiary/aromatic N) is 5. The van der Waals surface area contributed by atoms with E-state index in [0.717, 1.165) is 59.7 Å². The Hall–Kier alpha value is -7.21. The number of carbonyl (C=O) groups excluding carboxylic acids is 6. The van der Waals surface area contributed by atoms with Crippen LogP contribution in [0.25, 0.3) is 11.1 Å². The molecule has 5 heterocycles. The molecule has 18 nitrogen and oxygen atoms in total. The smallest absolute Gasteiger partial charge is 0.407 e.